The van der Waals surface area contributed by atoms with E-state index >= 15 is 0 Å². The minimum absolute atomic E-state index is 0.306. The van der Waals surface area contributed by atoms with Gasteiger partial charge in [0, 0.05) is 19.6 Å². The van der Waals surface area contributed by atoms with Crippen molar-refractivity contribution in [3.8, 4) is 11.5 Å². The molecule has 0 bridgehead atoms. The molecule has 0 aromatic heterocycles. The van der Waals surface area contributed by atoms with Crippen molar-refractivity contribution in [2.45, 2.75) is 46.2 Å². The van der Waals surface area contributed by atoms with Crippen molar-refractivity contribution in [3.63, 3.8) is 0 Å². The van der Waals surface area contributed by atoms with Gasteiger partial charge in [-0.15, -0.1) is 0 Å². The fourth-order valence-corrected chi connectivity index (χ4v) is 2.90. The van der Waals surface area contributed by atoms with Crippen molar-refractivity contribution < 1.29 is 9.47 Å². The number of fused-ring (bicyclic) bond motifs is 1. The number of ether oxygens (including phenoxy) is 2. The highest BCUT2D eigenvalue weighted by Gasteiger charge is 2.13. The van der Waals surface area contributed by atoms with Crippen LogP contribution in [0.2, 0.25) is 0 Å². The van der Waals surface area contributed by atoms with Gasteiger partial charge < -0.3 is 25.0 Å². The Balaban J connectivity index is 1.73. The summed E-state index contributed by atoms with van der Waals surface area (Å²) in [6, 6.07) is 6.39. The van der Waals surface area contributed by atoms with Crippen LogP contribution >= 0.6 is 0 Å². The van der Waals surface area contributed by atoms with Crippen LogP contribution in [0, 0.1) is 0 Å². The third kappa shape index (κ3) is 6.12. The second-order valence-corrected chi connectivity index (χ2v) is 6.33. The van der Waals surface area contributed by atoms with Crippen molar-refractivity contribution >= 4 is 5.96 Å². The van der Waals surface area contributed by atoms with Crippen LogP contribution < -0.4 is 20.1 Å². The first-order valence-electron chi connectivity index (χ1n) is 9.24. The molecule has 140 valence electrons. The van der Waals surface area contributed by atoms with E-state index in [4.69, 9.17) is 9.47 Å². The second-order valence-electron chi connectivity index (χ2n) is 6.33. The van der Waals surface area contributed by atoms with Gasteiger partial charge in [0.15, 0.2) is 17.5 Å². The minimum atomic E-state index is 0.306. The molecule has 6 nitrogen and oxygen atoms in total. The van der Waals surface area contributed by atoms with Gasteiger partial charge in [-0.05, 0) is 57.1 Å². The summed E-state index contributed by atoms with van der Waals surface area (Å²) in [7, 11) is 1.80. The number of nitrogens with one attached hydrogen (secondary N) is 2. The van der Waals surface area contributed by atoms with Crippen molar-refractivity contribution in [2.24, 2.45) is 4.99 Å². The van der Waals surface area contributed by atoms with Crippen LogP contribution in [-0.2, 0) is 6.54 Å². The highest BCUT2D eigenvalue weighted by atomic mass is 16.7. The Bertz CT molecular complexity index is 558. The molecule has 1 atom stereocenters. The average molecular weight is 348 g/mol. The summed E-state index contributed by atoms with van der Waals surface area (Å²) in [6.45, 7) is 11.0. The first-order valence-corrected chi connectivity index (χ1v) is 9.24. The molecule has 0 aliphatic carbocycles. The number of guanidine groups is 1. The number of nitrogens with zero attached hydrogens (tertiary/aromatic N) is 2. The number of hydrogen-bond donors (Lipinski definition) is 2. The van der Waals surface area contributed by atoms with Crippen LogP contribution in [0.3, 0.4) is 0 Å². The highest BCUT2D eigenvalue weighted by molar-refractivity contribution is 5.79. The quantitative estimate of drug-likeness (QED) is 0.531. The standard InChI is InChI=1S/C19H32N4O2/c1-5-23(6-2)11-7-8-15(3)22-19(20-4)21-13-16-9-10-17-18(12-16)25-14-24-17/h9-10,12,15H,5-8,11,13-14H2,1-4H3,(H2,20,21,22). The van der Waals surface area contributed by atoms with Crippen LogP contribution in [0.1, 0.15) is 39.2 Å². The molecule has 6 heteroatoms. The van der Waals surface area contributed by atoms with E-state index in [0.717, 1.165) is 49.1 Å². The van der Waals surface area contributed by atoms with E-state index in [1.807, 2.05) is 18.2 Å². The van der Waals surface area contributed by atoms with Crippen molar-refractivity contribution in [3.05, 3.63) is 23.8 Å². The van der Waals surface area contributed by atoms with Gasteiger partial charge in [-0.3, -0.25) is 4.99 Å². The van der Waals surface area contributed by atoms with E-state index in [1.54, 1.807) is 7.05 Å². The normalized spacial score (nSPS) is 14.7. The lowest BCUT2D eigenvalue weighted by Crippen LogP contribution is -2.42. The number of aliphatic imine (C=N–C) groups is 1. The summed E-state index contributed by atoms with van der Waals surface area (Å²) in [5.74, 6) is 2.45. The molecule has 0 amide bonds. The fraction of sp³-hybridized carbons (Fsp3) is 0.632. The molecule has 0 saturated carbocycles. The van der Waals surface area contributed by atoms with Crippen LogP contribution in [0.5, 0.6) is 11.5 Å². The number of benzene rings is 1. The minimum Gasteiger partial charge on any atom is -0.454 e. The first-order chi connectivity index (χ1) is 12.2. The van der Waals surface area contributed by atoms with Gasteiger partial charge in [-0.25, -0.2) is 0 Å². The van der Waals surface area contributed by atoms with Gasteiger partial charge >= 0.3 is 0 Å². The summed E-state index contributed by atoms with van der Waals surface area (Å²) in [5.41, 5.74) is 1.14. The van der Waals surface area contributed by atoms with Crippen LogP contribution in [0.4, 0.5) is 0 Å². The summed E-state index contributed by atoms with van der Waals surface area (Å²) in [4.78, 5) is 6.78. The zero-order chi connectivity index (χ0) is 18.1. The molecule has 1 aliphatic rings. The van der Waals surface area contributed by atoms with Crippen LogP contribution in [0.15, 0.2) is 23.2 Å². The monoisotopic (exact) mass is 348 g/mol. The molecule has 25 heavy (non-hydrogen) atoms. The Morgan fingerprint density at radius 2 is 2.00 bits per heavy atom. The average Bonchev–Trinajstić information content (AvgIpc) is 3.10. The first kappa shape index (κ1) is 19.4. The molecule has 2 N–H and O–H groups in total. The van der Waals surface area contributed by atoms with Crippen LogP contribution in [0.25, 0.3) is 0 Å². The zero-order valence-electron chi connectivity index (χ0n) is 16.0. The van der Waals surface area contributed by atoms with Gasteiger partial charge in [0.1, 0.15) is 0 Å². The molecule has 1 aliphatic heterocycles. The van der Waals surface area contributed by atoms with Crippen molar-refractivity contribution in [2.75, 3.05) is 33.5 Å². The summed E-state index contributed by atoms with van der Waals surface area (Å²) < 4.78 is 10.8. The largest absolute Gasteiger partial charge is 0.454 e. The maximum absolute atomic E-state index is 5.42. The molecule has 1 unspecified atom stereocenters. The zero-order valence-corrected chi connectivity index (χ0v) is 16.0. The summed E-state index contributed by atoms with van der Waals surface area (Å²) in [6.07, 6.45) is 2.32. The molecule has 0 spiro atoms. The lowest BCUT2D eigenvalue weighted by Gasteiger charge is -2.21. The smallest absolute Gasteiger partial charge is 0.231 e. The van der Waals surface area contributed by atoms with E-state index < -0.39 is 0 Å². The van der Waals surface area contributed by atoms with Gasteiger partial charge in [0.05, 0.1) is 0 Å². The topological polar surface area (TPSA) is 58.1 Å². The Morgan fingerprint density at radius 3 is 2.72 bits per heavy atom. The molecule has 2 rings (SSSR count). The molecule has 0 fully saturated rings. The van der Waals surface area contributed by atoms with Gasteiger partial charge in [0.2, 0.25) is 6.79 Å². The maximum Gasteiger partial charge on any atom is 0.231 e. The third-order valence-electron chi connectivity index (χ3n) is 4.51. The highest BCUT2D eigenvalue weighted by Crippen LogP contribution is 2.32. The van der Waals surface area contributed by atoms with Gasteiger partial charge in [0.25, 0.3) is 0 Å². The molecule has 1 aromatic carbocycles. The molecule has 1 aromatic rings. The van der Waals surface area contributed by atoms with Crippen LogP contribution in [-0.4, -0.2) is 50.4 Å². The molecule has 0 saturated heterocycles. The SMILES string of the molecule is CCN(CC)CCCC(C)NC(=NC)NCc1ccc2c(c1)OCO2. The second kappa shape index (κ2) is 10.1. The van der Waals surface area contributed by atoms with Gasteiger partial charge in [-0.1, -0.05) is 19.9 Å². The molecule has 0 radical (unpaired) electrons. The van der Waals surface area contributed by atoms with E-state index in [0.29, 0.717) is 19.4 Å². The Hall–Kier alpha value is -1.95. The molecular weight excluding hydrogens is 316 g/mol. The predicted octanol–water partition coefficient (Wildman–Crippen LogP) is 2.59. The van der Waals surface area contributed by atoms with E-state index in [1.165, 1.54) is 6.42 Å². The number of hydrogen-bond acceptors (Lipinski definition) is 4. The lowest BCUT2D eigenvalue weighted by atomic mass is 10.1. The van der Waals surface area contributed by atoms with E-state index in [-0.39, 0.29) is 0 Å². The maximum atomic E-state index is 5.42. The summed E-state index contributed by atoms with van der Waals surface area (Å²) >= 11 is 0. The molecule has 1 heterocycles. The number of rotatable bonds is 9. The Kier molecular flexibility index (Phi) is 7.85. The lowest BCUT2D eigenvalue weighted by molar-refractivity contribution is 0.174. The van der Waals surface area contributed by atoms with Gasteiger partial charge in [-0.2, -0.15) is 0 Å². The Labute approximate surface area is 151 Å². The Morgan fingerprint density at radius 1 is 1.24 bits per heavy atom. The van der Waals surface area contributed by atoms with Crippen molar-refractivity contribution in [1.29, 1.82) is 0 Å². The third-order valence-corrected chi connectivity index (χ3v) is 4.51. The van der Waals surface area contributed by atoms with Crippen molar-refractivity contribution in [1.82, 2.24) is 15.5 Å². The fourth-order valence-electron chi connectivity index (χ4n) is 2.90. The molecular formula is C19H32N4O2. The van der Waals surface area contributed by atoms with E-state index in [2.05, 4.69) is 41.3 Å². The van der Waals surface area contributed by atoms with E-state index in [9.17, 15) is 0 Å². The predicted molar refractivity (Wildman–Crippen MR) is 102 cm³/mol. The summed E-state index contributed by atoms with van der Waals surface area (Å²) in [5, 5.41) is 6.82.